The lowest BCUT2D eigenvalue weighted by Crippen LogP contribution is -2.19. The van der Waals surface area contributed by atoms with E-state index in [0.717, 1.165) is 25.7 Å². The monoisotopic (exact) mass is 365 g/mol. The van der Waals surface area contributed by atoms with Crippen molar-refractivity contribution in [3.05, 3.63) is 40.5 Å². The minimum absolute atomic E-state index is 0.142. The van der Waals surface area contributed by atoms with Gasteiger partial charge >= 0.3 is 0 Å². The molecule has 1 N–H and O–H groups in total. The maximum absolute atomic E-state index is 14.5. The van der Waals surface area contributed by atoms with Gasteiger partial charge in [0.05, 0.1) is 10.6 Å². The molecule has 4 rings (SSSR count). The zero-order valence-corrected chi connectivity index (χ0v) is 14.1. The molecule has 2 heterocycles. The maximum Gasteiger partial charge on any atom is 0.255 e. The summed E-state index contributed by atoms with van der Waals surface area (Å²) in [4.78, 5) is 8.30. The van der Waals surface area contributed by atoms with Gasteiger partial charge in [-0.2, -0.15) is 19.6 Å². The van der Waals surface area contributed by atoms with Gasteiger partial charge in [-0.1, -0.05) is 42.1 Å². The van der Waals surface area contributed by atoms with E-state index in [-0.39, 0.29) is 21.8 Å². The molecule has 0 radical (unpaired) electrons. The lowest BCUT2D eigenvalue weighted by atomic mass is 10.1. The first-order chi connectivity index (χ1) is 11.6. The second-order valence-corrected chi connectivity index (χ2v) is 6.59. The molecule has 0 spiro atoms. The van der Waals surface area contributed by atoms with Crippen LogP contribution in [0.1, 0.15) is 25.7 Å². The highest BCUT2D eigenvalue weighted by Gasteiger charge is 2.25. The Morgan fingerprint density at radius 3 is 2.71 bits per heavy atom. The van der Waals surface area contributed by atoms with E-state index in [1.807, 2.05) is 0 Å². The second kappa shape index (κ2) is 6.18. The third kappa shape index (κ3) is 2.59. The molecule has 1 aromatic carbocycles. The number of hydrogen-bond donors (Lipinski definition) is 1. The molecule has 1 saturated carbocycles. The Balaban J connectivity index is 1.97. The standard InChI is InChI=1S/C16H14Cl2FN5/c17-10-6-3-7-11(19)12(10)13-14(18)23-16-20-8-21-24(16)15(13)22-9-4-1-2-5-9/h3,6-9,22H,1-2,4-5H2. The van der Waals surface area contributed by atoms with Gasteiger partial charge in [-0.05, 0) is 25.0 Å². The van der Waals surface area contributed by atoms with E-state index in [1.165, 1.54) is 12.4 Å². The molecular weight excluding hydrogens is 352 g/mol. The fourth-order valence-electron chi connectivity index (χ4n) is 3.17. The molecular formula is C16H14Cl2FN5. The van der Waals surface area contributed by atoms with Gasteiger partial charge in [-0.3, -0.25) is 0 Å². The Kier molecular flexibility index (Phi) is 4.02. The van der Waals surface area contributed by atoms with E-state index < -0.39 is 5.82 Å². The summed E-state index contributed by atoms with van der Waals surface area (Å²) in [6, 6.07) is 4.81. The Labute approximate surface area is 147 Å². The van der Waals surface area contributed by atoms with Gasteiger partial charge in [-0.15, -0.1) is 0 Å². The van der Waals surface area contributed by atoms with Gasteiger partial charge in [0.15, 0.2) is 0 Å². The van der Waals surface area contributed by atoms with E-state index >= 15 is 0 Å². The van der Waals surface area contributed by atoms with Gasteiger partial charge < -0.3 is 5.32 Å². The van der Waals surface area contributed by atoms with Crippen LogP contribution in [-0.4, -0.2) is 25.6 Å². The number of aromatic nitrogens is 4. The summed E-state index contributed by atoms with van der Waals surface area (Å²) in [6.07, 6.45) is 5.80. The van der Waals surface area contributed by atoms with Crippen molar-refractivity contribution in [1.82, 2.24) is 19.6 Å². The van der Waals surface area contributed by atoms with Crippen LogP contribution in [-0.2, 0) is 0 Å². The summed E-state index contributed by atoms with van der Waals surface area (Å²) in [5.41, 5.74) is 0.624. The summed E-state index contributed by atoms with van der Waals surface area (Å²) in [6.45, 7) is 0. The third-order valence-electron chi connectivity index (χ3n) is 4.29. The van der Waals surface area contributed by atoms with Crippen LogP contribution in [0.3, 0.4) is 0 Å². The van der Waals surface area contributed by atoms with Crippen molar-refractivity contribution in [1.29, 1.82) is 0 Å². The van der Waals surface area contributed by atoms with Crippen LogP contribution in [0.5, 0.6) is 0 Å². The van der Waals surface area contributed by atoms with E-state index in [0.29, 0.717) is 17.2 Å². The zero-order valence-electron chi connectivity index (χ0n) is 12.6. The fourth-order valence-corrected chi connectivity index (χ4v) is 3.69. The number of benzene rings is 1. The minimum atomic E-state index is -0.458. The summed E-state index contributed by atoms with van der Waals surface area (Å²) in [5.74, 6) is 0.471. The molecule has 3 aromatic rings. The topological polar surface area (TPSA) is 55.1 Å². The Hall–Kier alpha value is -1.92. The minimum Gasteiger partial charge on any atom is -0.367 e. The predicted molar refractivity (Wildman–Crippen MR) is 92.1 cm³/mol. The van der Waals surface area contributed by atoms with Crippen molar-refractivity contribution in [3.8, 4) is 11.1 Å². The van der Waals surface area contributed by atoms with Gasteiger partial charge in [0.1, 0.15) is 23.1 Å². The van der Waals surface area contributed by atoms with E-state index in [9.17, 15) is 4.39 Å². The smallest absolute Gasteiger partial charge is 0.255 e. The average Bonchev–Trinajstić information content (AvgIpc) is 3.20. The number of rotatable bonds is 3. The molecule has 0 saturated heterocycles. The Morgan fingerprint density at radius 1 is 1.17 bits per heavy atom. The molecule has 0 unspecified atom stereocenters. The van der Waals surface area contributed by atoms with Crippen molar-refractivity contribution < 1.29 is 4.39 Å². The van der Waals surface area contributed by atoms with E-state index in [2.05, 4.69) is 20.4 Å². The quantitative estimate of drug-likeness (QED) is 0.689. The predicted octanol–water partition coefficient (Wildman–Crippen LogP) is 4.59. The molecule has 8 heteroatoms. The van der Waals surface area contributed by atoms with Crippen LogP contribution < -0.4 is 5.32 Å². The lowest BCUT2D eigenvalue weighted by molar-refractivity contribution is 0.631. The molecule has 0 aliphatic heterocycles. The Morgan fingerprint density at radius 2 is 1.96 bits per heavy atom. The normalized spacial score (nSPS) is 15.3. The molecule has 5 nitrogen and oxygen atoms in total. The first-order valence-corrected chi connectivity index (χ1v) is 8.51. The molecule has 0 atom stereocenters. The van der Waals surface area contributed by atoms with Crippen molar-refractivity contribution in [3.63, 3.8) is 0 Å². The van der Waals surface area contributed by atoms with Crippen LogP contribution in [0.25, 0.3) is 16.9 Å². The third-order valence-corrected chi connectivity index (χ3v) is 4.88. The van der Waals surface area contributed by atoms with Crippen LogP contribution in [0.4, 0.5) is 10.2 Å². The first-order valence-electron chi connectivity index (χ1n) is 7.75. The Bertz CT molecular complexity index is 885. The van der Waals surface area contributed by atoms with Crippen LogP contribution in [0.2, 0.25) is 10.2 Å². The second-order valence-electron chi connectivity index (χ2n) is 5.82. The summed E-state index contributed by atoms with van der Waals surface area (Å²) >= 11 is 12.6. The van der Waals surface area contributed by atoms with Gasteiger partial charge in [0.25, 0.3) is 5.78 Å². The number of nitrogens with one attached hydrogen (secondary N) is 1. The zero-order chi connectivity index (χ0) is 16.7. The number of hydrogen-bond acceptors (Lipinski definition) is 4. The van der Waals surface area contributed by atoms with Crippen LogP contribution in [0.15, 0.2) is 24.5 Å². The molecule has 2 aromatic heterocycles. The molecule has 0 amide bonds. The van der Waals surface area contributed by atoms with E-state index in [1.54, 1.807) is 16.6 Å². The molecule has 0 bridgehead atoms. The number of nitrogens with zero attached hydrogens (tertiary/aromatic N) is 4. The van der Waals surface area contributed by atoms with Gasteiger partial charge in [-0.25, -0.2) is 4.39 Å². The number of halogens is 3. The number of anilines is 1. The summed E-state index contributed by atoms with van der Waals surface area (Å²) < 4.78 is 16.0. The SMILES string of the molecule is Fc1cccc(Cl)c1-c1c(Cl)nc2ncnn2c1NC1CCCC1. The van der Waals surface area contributed by atoms with Crippen molar-refractivity contribution in [2.45, 2.75) is 31.7 Å². The maximum atomic E-state index is 14.5. The molecule has 1 fully saturated rings. The van der Waals surface area contributed by atoms with Crippen LogP contribution >= 0.6 is 23.2 Å². The van der Waals surface area contributed by atoms with E-state index in [4.69, 9.17) is 23.2 Å². The molecule has 1 aliphatic carbocycles. The average molecular weight is 366 g/mol. The highest BCUT2D eigenvalue weighted by Crippen LogP contribution is 2.40. The summed E-state index contributed by atoms with van der Waals surface area (Å²) in [5, 5.41) is 8.06. The summed E-state index contributed by atoms with van der Waals surface area (Å²) in [7, 11) is 0. The highest BCUT2D eigenvalue weighted by molar-refractivity contribution is 6.36. The molecule has 24 heavy (non-hydrogen) atoms. The van der Waals surface area contributed by atoms with Gasteiger partial charge in [0, 0.05) is 11.6 Å². The largest absolute Gasteiger partial charge is 0.367 e. The van der Waals surface area contributed by atoms with Crippen LogP contribution in [0, 0.1) is 5.82 Å². The fraction of sp³-hybridized carbons (Fsp3) is 0.312. The number of fused-ring (bicyclic) bond motifs is 1. The lowest BCUT2D eigenvalue weighted by Gasteiger charge is -2.19. The van der Waals surface area contributed by atoms with Crippen molar-refractivity contribution in [2.24, 2.45) is 0 Å². The highest BCUT2D eigenvalue weighted by atomic mass is 35.5. The van der Waals surface area contributed by atoms with Crippen molar-refractivity contribution in [2.75, 3.05) is 5.32 Å². The van der Waals surface area contributed by atoms with Crippen molar-refractivity contribution >= 4 is 34.8 Å². The first kappa shape index (κ1) is 15.6. The van der Waals surface area contributed by atoms with Gasteiger partial charge in [0.2, 0.25) is 0 Å². The molecule has 1 aliphatic rings. The molecule has 124 valence electrons.